The van der Waals surface area contributed by atoms with Crippen LogP contribution in [0.25, 0.3) is 16.3 Å². The fourth-order valence-electron chi connectivity index (χ4n) is 3.13. The fourth-order valence-corrected chi connectivity index (χ4v) is 4.57. The highest BCUT2D eigenvalue weighted by Gasteiger charge is 2.16. The summed E-state index contributed by atoms with van der Waals surface area (Å²) >= 11 is 3.12. The average Bonchev–Trinajstić information content (AvgIpc) is 3.10. The molecule has 0 spiro atoms. The number of hydrogen-bond donors (Lipinski definition) is 0. The van der Waals surface area contributed by atoms with Crippen molar-refractivity contribution < 1.29 is 19.2 Å². The van der Waals surface area contributed by atoms with Crippen molar-refractivity contribution in [2.45, 2.75) is 6.54 Å². The Hall–Kier alpha value is -3.11. The van der Waals surface area contributed by atoms with Gasteiger partial charge in [0.15, 0.2) is 16.3 Å². The molecule has 1 amide bonds. The van der Waals surface area contributed by atoms with Gasteiger partial charge in [0.1, 0.15) is 13.2 Å². The quantitative estimate of drug-likeness (QED) is 0.317. The molecule has 0 fully saturated rings. The van der Waals surface area contributed by atoms with Crippen LogP contribution in [0.1, 0.15) is 5.56 Å². The SMILES string of the molecule is CSCCn1c(=NC(=O)/C=C/c2cccc([N+](=O)[O-])c2)sc2cc3c(cc21)OCCO3. The lowest BCUT2D eigenvalue weighted by molar-refractivity contribution is -0.384. The molecule has 1 aliphatic rings. The Morgan fingerprint density at radius 3 is 2.81 bits per heavy atom. The number of nitrogens with zero attached hydrogens (tertiary/aromatic N) is 3. The zero-order chi connectivity index (χ0) is 21.8. The van der Waals surface area contributed by atoms with E-state index in [1.54, 1.807) is 23.9 Å². The number of fused-ring (bicyclic) bond motifs is 2. The summed E-state index contributed by atoms with van der Waals surface area (Å²) in [5.74, 6) is 1.82. The molecule has 0 atom stereocenters. The van der Waals surface area contributed by atoms with E-state index in [0.717, 1.165) is 16.0 Å². The van der Waals surface area contributed by atoms with Crippen LogP contribution in [0.4, 0.5) is 5.69 Å². The van der Waals surface area contributed by atoms with Crippen LogP contribution in [0.5, 0.6) is 11.5 Å². The number of non-ortho nitro benzene ring substituents is 1. The van der Waals surface area contributed by atoms with Crippen LogP contribution in [0.15, 0.2) is 47.5 Å². The van der Waals surface area contributed by atoms with E-state index >= 15 is 0 Å². The molecule has 0 saturated heterocycles. The summed E-state index contributed by atoms with van der Waals surface area (Å²) in [5.41, 5.74) is 1.48. The van der Waals surface area contributed by atoms with Crippen LogP contribution >= 0.6 is 23.1 Å². The Bertz CT molecular complexity index is 1250. The summed E-state index contributed by atoms with van der Waals surface area (Å²) in [6.45, 7) is 1.71. The van der Waals surface area contributed by atoms with Crippen molar-refractivity contribution in [3.05, 3.63) is 63.0 Å². The predicted octanol–water partition coefficient (Wildman–Crippen LogP) is 3.89. The number of thiazole rings is 1. The van der Waals surface area contributed by atoms with Crippen LogP contribution in [-0.2, 0) is 11.3 Å². The average molecular weight is 458 g/mol. The third-order valence-electron chi connectivity index (χ3n) is 4.57. The fraction of sp³-hybridized carbons (Fsp3) is 0.238. The van der Waals surface area contributed by atoms with Gasteiger partial charge in [-0.3, -0.25) is 14.9 Å². The molecule has 1 aliphatic heterocycles. The molecule has 0 bridgehead atoms. The number of nitro benzene ring substituents is 1. The first kappa shape index (κ1) is 21.1. The van der Waals surface area contributed by atoms with Gasteiger partial charge in [0, 0.05) is 42.6 Å². The number of carbonyl (C=O) groups excluding carboxylic acids is 1. The van der Waals surface area contributed by atoms with E-state index in [1.165, 1.54) is 35.6 Å². The molecule has 0 radical (unpaired) electrons. The number of aryl methyl sites for hydroxylation is 1. The second-order valence-electron chi connectivity index (χ2n) is 6.63. The van der Waals surface area contributed by atoms with E-state index in [1.807, 2.05) is 23.0 Å². The van der Waals surface area contributed by atoms with Crippen molar-refractivity contribution in [3.63, 3.8) is 0 Å². The topological polar surface area (TPSA) is 96.0 Å². The number of aromatic nitrogens is 1. The first-order chi connectivity index (χ1) is 15.0. The van der Waals surface area contributed by atoms with Crippen molar-refractivity contribution in [3.8, 4) is 11.5 Å². The molecule has 0 saturated carbocycles. The lowest BCUT2D eigenvalue weighted by Crippen LogP contribution is -2.18. The van der Waals surface area contributed by atoms with Crippen molar-refractivity contribution in [2.24, 2.45) is 4.99 Å². The molecule has 3 aromatic rings. The first-order valence-corrected chi connectivity index (χ1v) is 11.7. The minimum absolute atomic E-state index is 0.0284. The standard InChI is InChI=1S/C21H19N3O5S2/c1-30-10-7-23-16-12-17-18(29-9-8-28-17)13-19(16)31-21(23)22-20(25)6-5-14-3-2-4-15(11-14)24(26)27/h2-6,11-13H,7-10H2,1H3/b6-5+,22-21?. The number of rotatable bonds is 6. The highest BCUT2D eigenvalue weighted by molar-refractivity contribution is 7.98. The Morgan fingerprint density at radius 1 is 1.29 bits per heavy atom. The Labute approximate surface area is 186 Å². The van der Waals surface area contributed by atoms with Crippen LogP contribution in [0.3, 0.4) is 0 Å². The van der Waals surface area contributed by atoms with E-state index in [4.69, 9.17) is 9.47 Å². The number of thioether (sulfide) groups is 1. The van der Waals surface area contributed by atoms with Crippen LogP contribution in [0, 0.1) is 10.1 Å². The number of nitro groups is 1. The zero-order valence-corrected chi connectivity index (χ0v) is 18.3. The third-order valence-corrected chi connectivity index (χ3v) is 6.20. The lowest BCUT2D eigenvalue weighted by atomic mass is 10.2. The van der Waals surface area contributed by atoms with Crippen molar-refractivity contribution in [1.82, 2.24) is 4.57 Å². The number of hydrogen-bond acceptors (Lipinski definition) is 7. The van der Waals surface area contributed by atoms with Gasteiger partial charge in [-0.1, -0.05) is 23.5 Å². The molecular formula is C21H19N3O5S2. The van der Waals surface area contributed by atoms with Crippen molar-refractivity contribution >= 4 is 51.0 Å². The van der Waals surface area contributed by atoms with Crippen LogP contribution < -0.4 is 14.3 Å². The van der Waals surface area contributed by atoms with E-state index in [2.05, 4.69) is 4.99 Å². The molecule has 0 N–H and O–H groups in total. The number of amides is 1. The normalized spacial score (nSPS) is 13.8. The van der Waals surface area contributed by atoms with E-state index in [-0.39, 0.29) is 5.69 Å². The monoisotopic (exact) mass is 457 g/mol. The molecular weight excluding hydrogens is 438 g/mol. The van der Waals surface area contributed by atoms with Gasteiger partial charge in [-0.2, -0.15) is 16.8 Å². The van der Waals surface area contributed by atoms with Gasteiger partial charge in [0.05, 0.1) is 15.1 Å². The summed E-state index contributed by atoms with van der Waals surface area (Å²) in [4.78, 5) is 27.8. The molecule has 10 heteroatoms. The maximum atomic E-state index is 12.5. The number of carbonyl (C=O) groups is 1. The highest BCUT2D eigenvalue weighted by atomic mass is 32.2. The number of benzene rings is 2. The molecule has 160 valence electrons. The van der Waals surface area contributed by atoms with Crippen LogP contribution in [0.2, 0.25) is 0 Å². The van der Waals surface area contributed by atoms with Gasteiger partial charge in [0.2, 0.25) is 0 Å². The summed E-state index contributed by atoms with van der Waals surface area (Å²) in [7, 11) is 0. The molecule has 31 heavy (non-hydrogen) atoms. The number of ether oxygens (including phenoxy) is 2. The van der Waals surface area contributed by atoms with Crippen molar-refractivity contribution in [2.75, 3.05) is 25.2 Å². The molecule has 4 rings (SSSR count). The second-order valence-corrected chi connectivity index (χ2v) is 8.62. The van der Waals surface area contributed by atoms with Crippen LogP contribution in [-0.4, -0.2) is 40.6 Å². The van der Waals surface area contributed by atoms with Gasteiger partial charge in [-0.05, 0) is 17.9 Å². The molecule has 1 aromatic heterocycles. The van der Waals surface area contributed by atoms with Gasteiger partial charge in [0.25, 0.3) is 11.6 Å². The Kier molecular flexibility index (Phi) is 6.38. The van der Waals surface area contributed by atoms with Gasteiger partial charge >= 0.3 is 0 Å². The Balaban J connectivity index is 1.69. The minimum atomic E-state index is -0.470. The highest BCUT2D eigenvalue weighted by Crippen LogP contribution is 2.35. The third kappa shape index (κ3) is 4.80. The minimum Gasteiger partial charge on any atom is -0.486 e. The predicted molar refractivity (Wildman–Crippen MR) is 122 cm³/mol. The maximum absolute atomic E-state index is 12.5. The molecule has 0 unspecified atom stereocenters. The molecule has 2 aromatic carbocycles. The summed E-state index contributed by atoms with van der Waals surface area (Å²) in [6, 6.07) is 9.94. The molecule has 2 heterocycles. The van der Waals surface area contributed by atoms with E-state index in [9.17, 15) is 14.9 Å². The zero-order valence-electron chi connectivity index (χ0n) is 16.6. The second kappa shape index (κ2) is 9.36. The smallest absolute Gasteiger partial charge is 0.272 e. The molecule has 8 nitrogen and oxygen atoms in total. The lowest BCUT2D eigenvalue weighted by Gasteiger charge is -2.18. The van der Waals surface area contributed by atoms with Gasteiger partial charge < -0.3 is 14.0 Å². The Morgan fingerprint density at radius 2 is 2.06 bits per heavy atom. The van der Waals surface area contributed by atoms with Gasteiger partial charge in [-0.15, -0.1) is 0 Å². The first-order valence-electron chi connectivity index (χ1n) is 9.48. The van der Waals surface area contributed by atoms with Gasteiger partial charge in [-0.25, -0.2) is 0 Å². The summed E-state index contributed by atoms with van der Waals surface area (Å²) < 4.78 is 14.3. The van der Waals surface area contributed by atoms with E-state index < -0.39 is 10.8 Å². The largest absolute Gasteiger partial charge is 0.486 e. The summed E-state index contributed by atoms with van der Waals surface area (Å²) in [6.07, 6.45) is 4.87. The molecule has 0 aliphatic carbocycles. The van der Waals surface area contributed by atoms with E-state index in [0.29, 0.717) is 41.6 Å². The maximum Gasteiger partial charge on any atom is 0.272 e. The summed E-state index contributed by atoms with van der Waals surface area (Å²) in [5, 5.41) is 10.9. The van der Waals surface area contributed by atoms with Crippen molar-refractivity contribution in [1.29, 1.82) is 0 Å².